The number of aromatic nitrogens is 2. The van der Waals surface area contributed by atoms with Gasteiger partial charge in [-0.15, -0.1) is 0 Å². The Bertz CT molecular complexity index is 440. The smallest absolute Gasteiger partial charge is 0.230 e. The van der Waals surface area contributed by atoms with E-state index in [0.29, 0.717) is 56.8 Å². The Morgan fingerprint density at radius 3 is 2.30 bits per heavy atom. The Kier molecular flexibility index (Phi) is 7.65. The quantitative estimate of drug-likeness (QED) is 0.587. The zero-order valence-electron chi connectivity index (χ0n) is 12.2. The van der Waals surface area contributed by atoms with Gasteiger partial charge in [0.25, 0.3) is 0 Å². The first-order valence-corrected chi connectivity index (χ1v) is 6.41. The second-order valence-electron chi connectivity index (χ2n) is 4.07. The Morgan fingerprint density at radius 1 is 1.10 bits per heavy atom. The molecule has 1 aromatic heterocycles. The summed E-state index contributed by atoms with van der Waals surface area (Å²) in [5, 5.41) is 13.2. The second-order valence-corrected chi connectivity index (χ2v) is 4.07. The average molecular weight is 283 g/mol. The first-order chi connectivity index (χ1) is 9.70. The molecule has 0 aliphatic rings. The molecule has 0 N–H and O–H groups in total. The lowest BCUT2D eigenvalue weighted by molar-refractivity contribution is 0.0173. The summed E-state index contributed by atoms with van der Waals surface area (Å²) < 4.78 is 22.5. The number of ether oxygens (including phenoxy) is 4. The maximum Gasteiger partial charge on any atom is 0.230 e. The van der Waals surface area contributed by atoms with E-state index in [-0.39, 0.29) is 0 Å². The summed E-state index contributed by atoms with van der Waals surface area (Å²) >= 11 is 0. The molecule has 0 unspecified atom stereocenters. The van der Waals surface area contributed by atoms with Gasteiger partial charge in [-0.3, -0.25) is 0 Å². The molecule has 0 atom stereocenters. The van der Waals surface area contributed by atoms with Crippen LogP contribution in [0, 0.1) is 18.3 Å². The second kappa shape index (κ2) is 9.31. The number of nitrogens with zero attached hydrogens (tertiary/aromatic N) is 3. The molecule has 1 aromatic rings. The summed E-state index contributed by atoms with van der Waals surface area (Å²) in [5.41, 5.74) is 1.13. The standard InChI is InChI=1S/C13H21N3O4/c1-11-12(10-14)13(16(2)15-11)20-9-8-19-7-6-18-5-4-17-3/h4-9H2,1-3H3. The van der Waals surface area contributed by atoms with Gasteiger partial charge in [-0.25, -0.2) is 4.68 Å². The number of hydrogen-bond acceptors (Lipinski definition) is 6. The highest BCUT2D eigenvalue weighted by atomic mass is 16.6. The fourth-order valence-electron chi connectivity index (χ4n) is 1.59. The SMILES string of the molecule is COCCOCCOCCOc1c(C#N)c(C)nn1C. The van der Waals surface area contributed by atoms with Gasteiger partial charge in [0.05, 0.1) is 38.7 Å². The van der Waals surface area contributed by atoms with Crippen LogP contribution in [0.5, 0.6) is 5.88 Å². The van der Waals surface area contributed by atoms with E-state index in [0.717, 1.165) is 0 Å². The Morgan fingerprint density at radius 2 is 1.70 bits per heavy atom. The summed E-state index contributed by atoms with van der Waals surface area (Å²) in [7, 11) is 3.38. The molecule has 0 fully saturated rings. The maximum absolute atomic E-state index is 9.01. The summed E-state index contributed by atoms with van der Waals surface area (Å²) in [5.74, 6) is 0.477. The summed E-state index contributed by atoms with van der Waals surface area (Å²) in [6.07, 6.45) is 0. The van der Waals surface area contributed by atoms with Crippen LogP contribution in [0.3, 0.4) is 0 Å². The van der Waals surface area contributed by atoms with Crippen LogP contribution in [0.2, 0.25) is 0 Å². The van der Waals surface area contributed by atoms with Gasteiger partial charge in [-0.2, -0.15) is 10.4 Å². The predicted octanol–water partition coefficient (Wildman–Crippen LogP) is 0.659. The van der Waals surface area contributed by atoms with E-state index in [9.17, 15) is 0 Å². The van der Waals surface area contributed by atoms with Crippen molar-refractivity contribution in [1.82, 2.24) is 9.78 Å². The van der Waals surface area contributed by atoms with Gasteiger partial charge in [0.2, 0.25) is 5.88 Å². The monoisotopic (exact) mass is 283 g/mol. The topological polar surface area (TPSA) is 78.5 Å². The molecular weight excluding hydrogens is 262 g/mol. The highest BCUT2D eigenvalue weighted by Gasteiger charge is 2.13. The number of hydrogen-bond donors (Lipinski definition) is 0. The summed E-state index contributed by atoms with van der Waals surface area (Å²) in [6.45, 7) is 4.75. The van der Waals surface area contributed by atoms with Gasteiger partial charge < -0.3 is 18.9 Å². The van der Waals surface area contributed by atoms with E-state index in [1.807, 2.05) is 0 Å². The molecule has 0 aromatic carbocycles. The van der Waals surface area contributed by atoms with Crippen molar-refractivity contribution in [2.24, 2.45) is 7.05 Å². The highest BCUT2D eigenvalue weighted by Crippen LogP contribution is 2.19. The van der Waals surface area contributed by atoms with Crippen molar-refractivity contribution in [3.05, 3.63) is 11.3 Å². The molecule has 7 heteroatoms. The van der Waals surface area contributed by atoms with Crippen LogP contribution in [0.15, 0.2) is 0 Å². The van der Waals surface area contributed by atoms with Crippen LogP contribution in [0.4, 0.5) is 0 Å². The molecule has 0 spiro atoms. The summed E-state index contributed by atoms with van der Waals surface area (Å²) in [6, 6.07) is 2.08. The van der Waals surface area contributed by atoms with Gasteiger partial charge in [0.1, 0.15) is 18.2 Å². The molecule has 0 aliphatic heterocycles. The number of methoxy groups -OCH3 is 1. The zero-order chi connectivity index (χ0) is 14.8. The van der Waals surface area contributed by atoms with Gasteiger partial charge in [0.15, 0.2) is 0 Å². The minimum atomic E-state index is 0.367. The predicted molar refractivity (Wildman–Crippen MR) is 71.7 cm³/mol. The molecule has 0 aliphatic carbocycles. The zero-order valence-corrected chi connectivity index (χ0v) is 12.2. The van der Waals surface area contributed by atoms with E-state index < -0.39 is 0 Å². The Labute approximate surface area is 119 Å². The van der Waals surface area contributed by atoms with Crippen LogP contribution < -0.4 is 4.74 Å². The lowest BCUT2D eigenvalue weighted by atomic mass is 10.3. The summed E-state index contributed by atoms with van der Waals surface area (Å²) in [4.78, 5) is 0. The largest absolute Gasteiger partial charge is 0.474 e. The van der Waals surface area contributed by atoms with Crippen molar-refractivity contribution < 1.29 is 18.9 Å². The maximum atomic E-state index is 9.01. The molecule has 112 valence electrons. The molecule has 1 heterocycles. The van der Waals surface area contributed by atoms with Gasteiger partial charge >= 0.3 is 0 Å². The first-order valence-electron chi connectivity index (χ1n) is 6.41. The van der Waals surface area contributed by atoms with Gasteiger partial charge in [0, 0.05) is 14.2 Å². The van der Waals surface area contributed by atoms with Crippen LogP contribution in [0.25, 0.3) is 0 Å². The van der Waals surface area contributed by atoms with Crippen molar-refractivity contribution in [3.8, 4) is 11.9 Å². The minimum Gasteiger partial charge on any atom is -0.474 e. The van der Waals surface area contributed by atoms with Crippen molar-refractivity contribution in [2.45, 2.75) is 6.92 Å². The van der Waals surface area contributed by atoms with Crippen molar-refractivity contribution in [2.75, 3.05) is 46.8 Å². The highest BCUT2D eigenvalue weighted by molar-refractivity contribution is 5.41. The Hall–Kier alpha value is -1.62. The van der Waals surface area contributed by atoms with E-state index >= 15 is 0 Å². The molecule has 20 heavy (non-hydrogen) atoms. The van der Waals surface area contributed by atoms with Gasteiger partial charge in [-0.1, -0.05) is 0 Å². The number of nitriles is 1. The molecule has 0 bridgehead atoms. The lowest BCUT2D eigenvalue weighted by Gasteiger charge is -2.08. The molecule has 7 nitrogen and oxygen atoms in total. The minimum absolute atomic E-state index is 0.367. The third kappa shape index (κ3) is 5.17. The van der Waals surface area contributed by atoms with Crippen LogP contribution >= 0.6 is 0 Å². The van der Waals surface area contributed by atoms with Crippen molar-refractivity contribution >= 4 is 0 Å². The molecular formula is C13H21N3O4. The molecule has 0 saturated heterocycles. The van der Waals surface area contributed by atoms with Gasteiger partial charge in [-0.05, 0) is 6.92 Å². The van der Waals surface area contributed by atoms with E-state index in [4.69, 9.17) is 24.2 Å². The van der Waals surface area contributed by atoms with E-state index in [1.54, 1.807) is 25.8 Å². The molecule has 1 rings (SSSR count). The third-order valence-corrected chi connectivity index (χ3v) is 2.55. The Balaban J connectivity index is 2.15. The van der Waals surface area contributed by atoms with E-state index in [2.05, 4.69) is 11.2 Å². The molecule has 0 amide bonds. The van der Waals surface area contributed by atoms with Crippen LogP contribution in [0.1, 0.15) is 11.3 Å². The van der Waals surface area contributed by atoms with Crippen molar-refractivity contribution in [1.29, 1.82) is 5.26 Å². The van der Waals surface area contributed by atoms with E-state index in [1.165, 1.54) is 0 Å². The third-order valence-electron chi connectivity index (χ3n) is 2.55. The fraction of sp³-hybridized carbons (Fsp3) is 0.692. The molecule has 0 radical (unpaired) electrons. The van der Waals surface area contributed by atoms with Crippen LogP contribution in [-0.2, 0) is 21.3 Å². The number of aryl methyl sites for hydroxylation is 2. The first kappa shape index (κ1) is 16.4. The van der Waals surface area contributed by atoms with Crippen LogP contribution in [-0.4, -0.2) is 56.5 Å². The number of rotatable bonds is 10. The fourth-order valence-corrected chi connectivity index (χ4v) is 1.59. The van der Waals surface area contributed by atoms with Crippen molar-refractivity contribution in [3.63, 3.8) is 0 Å². The average Bonchev–Trinajstić information content (AvgIpc) is 2.70. The normalized spacial score (nSPS) is 10.5. The lowest BCUT2D eigenvalue weighted by Crippen LogP contribution is -2.13. The molecule has 0 saturated carbocycles.